The first-order chi connectivity index (χ1) is 9.25. The molecule has 110 valence electrons. The number of hydrogen-bond donors (Lipinski definition) is 1. The molecule has 0 spiro atoms. The van der Waals surface area contributed by atoms with Crippen molar-refractivity contribution in [2.24, 2.45) is 0 Å². The van der Waals surface area contributed by atoms with Gasteiger partial charge in [0.2, 0.25) is 0 Å². The molecule has 1 aromatic rings. The first kappa shape index (κ1) is 15.1. The average molecular weight is 297 g/mol. The molecule has 2 fully saturated rings. The van der Waals surface area contributed by atoms with Crippen molar-refractivity contribution in [1.82, 2.24) is 4.90 Å². The van der Waals surface area contributed by atoms with Crippen molar-refractivity contribution in [3.05, 3.63) is 29.8 Å². The van der Waals surface area contributed by atoms with Crippen LogP contribution in [0.4, 0.5) is 5.69 Å². The number of nitrogen functional groups attached to an aromatic ring is 1. The minimum absolute atomic E-state index is 0. The van der Waals surface area contributed by atoms with Gasteiger partial charge < -0.3 is 15.4 Å². The van der Waals surface area contributed by atoms with Crippen LogP contribution in [-0.4, -0.2) is 36.1 Å². The lowest BCUT2D eigenvalue weighted by Gasteiger charge is -2.43. The summed E-state index contributed by atoms with van der Waals surface area (Å²) in [7, 11) is 0. The zero-order valence-electron chi connectivity index (χ0n) is 11.5. The molecule has 1 aromatic carbocycles. The van der Waals surface area contributed by atoms with E-state index in [4.69, 9.17) is 10.5 Å². The summed E-state index contributed by atoms with van der Waals surface area (Å²) in [6, 6.07) is 7.45. The zero-order valence-corrected chi connectivity index (χ0v) is 12.3. The van der Waals surface area contributed by atoms with E-state index in [1.165, 1.54) is 12.8 Å². The Hall–Kier alpha value is -1.26. The summed E-state index contributed by atoms with van der Waals surface area (Å²) in [6.45, 7) is 1.35. The lowest BCUT2D eigenvalue weighted by atomic mass is 9.89. The molecular weight excluding hydrogens is 276 g/mol. The van der Waals surface area contributed by atoms with Crippen LogP contribution in [0.3, 0.4) is 0 Å². The third-order valence-corrected chi connectivity index (χ3v) is 4.15. The molecule has 2 aliphatic rings. The first-order valence-electron chi connectivity index (χ1n) is 7.04. The van der Waals surface area contributed by atoms with Crippen LogP contribution < -0.4 is 5.73 Å². The van der Waals surface area contributed by atoms with Gasteiger partial charge in [-0.15, -0.1) is 12.4 Å². The van der Waals surface area contributed by atoms with Gasteiger partial charge >= 0.3 is 0 Å². The lowest BCUT2D eigenvalue weighted by Crippen LogP contribution is -2.54. The van der Waals surface area contributed by atoms with Crippen molar-refractivity contribution in [2.45, 2.75) is 37.8 Å². The number of nitrogens with zero attached hydrogens (tertiary/aromatic N) is 1. The van der Waals surface area contributed by atoms with Crippen molar-refractivity contribution < 1.29 is 9.53 Å². The van der Waals surface area contributed by atoms with Crippen molar-refractivity contribution in [3.63, 3.8) is 0 Å². The smallest absolute Gasteiger partial charge is 0.254 e. The van der Waals surface area contributed by atoms with Crippen LogP contribution in [0.25, 0.3) is 0 Å². The van der Waals surface area contributed by atoms with Crippen LogP contribution in [-0.2, 0) is 4.74 Å². The van der Waals surface area contributed by atoms with E-state index in [0.717, 1.165) is 18.4 Å². The van der Waals surface area contributed by atoms with Gasteiger partial charge in [-0.05, 0) is 37.1 Å². The van der Waals surface area contributed by atoms with Gasteiger partial charge in [-0.1, -0.05) is 12.8 Å². The van der Waals surface area contributed by atoms with Gasteiger partial charge in [0, 0.05) is 17.8 Å². The predicted octanol–water partition coefficient (Wildman–Crippen LogP) is 2.47. The summed E-state index contributed by atoms with van der Waals surface area (Å²) >= 11 is 0. The Morgan fingerprint density at radius 1 is 1.20 bits per heavy atom. The molecule has 1 heterocycles. The van der Waals surface area contributed by atoms with Crippen molar-refractivity contribution >= 4 is 24.0 Å². The summed E-state index contributed by atoms with van der Waals surface area (Å²) in [6.07, 6.45) is 4.78. The molecule has 0 radical (unpaired) electrons. The normalized spacial score (nSPS) is 25.5. The van der Waals surface area contributed by atoms with Gasteiger partial charge in [0.05, 0.1) is 18.8 Å². The van der Waals surface area contributed by atoms with Gasteiger partial charge in [0.25, 0.3) is 5.91 Å². The molecule has 2 N–H and O–H groups in total. The Labute approximate surface area is 125 Å². The zero-order chi connectivity index (χ0) is 13.2. The van der Waals surface area contributed by atoms with E-state index in [-0.39, 0.29) is 30.5 Å². The number of carbonyl (C=O) groups excluding carboxylic acids is 1. The second kappa shape index (κ2) is 6.46. The third-order valence-electron chi connectivity index (χ3n) is 4.15. The number of nitrogens with two attached hydrogens (primary N) is 1. The minimum Gasteiger partial charge on any atom is -0.399 e. The van der Waals surface area contributed by atoms with Crippen LogP contribution in [0.15, 0.2) is 24.3 Å². The average Bonchev–Trinajstić information content (AvgIpc) is 2.47. The van der Waals surface area contributed by atoms with E-state index in [0.29, 0.717) is 18.8 Å². The first-order valence-corrected chi connectivity index (χ1v) is 7.04. The number of anilines is 1. The maximum absolute atomic E-state index is 12.6. The fraction of sp³-hybridized carbons (Fsp3) is 0.533. The molecule has 2 unspecified atom stereocenters. The van der Waals surface area contributed by atoms with E-state index in [2.05, 4.69) is 0 Å². The van der Waals surface area contributed by atoms with Crippen LogP contribution in [0.1, 0.15) is 36.0 Å². The highest BCUT2D eigenvalue weighted by atomic mass is 35.5. The van der Waals surface area contributed by atoms with Crippen molar-refractivity contribution in [2.75, 3.05) is 18.9 Å². The Morgan fingerprint density at radius 3 is 2.65 bits per heavy atom. The molecule has 4 nitrogen and oxygen atoms in total. The van der Waals surface area contributed by atoms with Crippen LogP contribution in [0, 0.1) is 0 Å². The second-order valence-electron chi connectivity index (χ2n) is 5.38. The molecule has 1 aliphatic heterocycles. The summed E-state index contributed by atoms with van der Waals surface area (Å²) in [5.74, 6) is 0.111. The van der Waals surface area contributed by atoms with Gasteiger partial charge in [0.15, 0.2) is 0 Å². The van der Waals surface area contributed by atoms with E-state index in [9.17, 15) is 4.79 Å². The Bertz CT molecular complexity index is 461. The largest absolute Gasteiger partial charge is 0.399 e. The number of benzene rings is 1. The summed E-state index contributed by atoms with van der Waals surface area (Å²) < 4.78 is 5.80. The molecule has 1 aliphatic carbocycles. The highest BCUT2D eigenvalue weighted by Gasteiger charge is 2.36. The van der Waals surface area contributed by atoms with Crippen LogP contribution in [0.5, 0.6) is 0 Å². The van der Waals surface area contributed by atoms with Gasteiger partial charge in [0.1, 0.15) is 0 Å². The standard InChI is InChI=1S/C15H20N2O2.ClH/c16-12-7-5-11(6-8-12)15(18)17-9-10-19-14-4-2-1-3-13(14)17;/h5-8,13-14H,1-4,9-10,16H2;1H. The number of halogens is 1. The number of ether oxygens (including phenoxy) is 1. The fourth-order valence-corrected chi connectivity index (χ4v) is 3.14. The fourth-order valence-electron chi connectivity index (χ4n) is 3.14. The Balaban J connectivity index is 0.00000147. The number of fused-ring (bicyclic) bond motifs is 1. The highest BCUT2D eigenvalue weighted by Crippen LogP contribution is 2.29. The maximum Gasteiger partial charge on any atom is 0.254 e. The summed E-state index contributed by atoms with van der Waals surface area (Å²) in [4.78, 5) is 14.6. The number of carbonyl (C=O) groups is 1. The molecule has 0 aromatic heterocycles. The van der Waals surface area contributed by atoms with E-state index >= 15 is 0 Å². The number of hydrogen-bond acceptors (Lipinski definition) is 3. The Morgan fingerprint density at radius 2 is 1.90 bits per heavy atom. The molecule has 1 saturated heterocycles. The van der Waals surface area contributed by atoms with E-state index in [1.54, 1.807) is 12.1 Å². The highest BCUT2D eigenvalue weighted by molar-refractivity contribution is 5.94. The predicted molar refractivity (Wildman–Crippen MR) is 81.1 cm³/mol. The molecule has 2 atom stereocenters. The van der Waals surface area contributed by atoms with Crippen LogP contribution in [0.2, 0.25) is 0 Å². The molecule has 1 saturated carbocycles. The monoisotopic (exact) mass is 296 g/mol. The topological polar surface area (TPSA) is 55.6 Å². The Kier molecular flexibility index (Phi) is 4.89. The third kappa shape index (κ3) is 2.91. The van der Waals surface area contributed by atoms with Crippen molar-refractivity contribution in [3.8, 4) is 0 Å². The number of rotatable bonds is 1. The minimum atomic E-state index is 0. The summed E-state index contributed by atoms with van der Waals surface area (Å²) in [5, 5.41) is 0. The van der Waals surface area contributed by atoms with Crippen LogP contribution >= 0.6 is 12.4 Å². The molecule has 0 bridgehead atoms. The molecule has 3 rings (SSSR count). The van der Waals surface area contributed by atoms with Gasteiger partial charge in [-0.3, -0.25) is 4.79 Å². The summed E-state index contributed by atoms with van der Waals surface area (Å²) in [5.41, 5.74) is 7.08. The molecule has 20 heavy (non-hydrogen) atoms. The van der Waals surface area contributed by atoms with Gasteiger partial charge in [-0.2, -0.15) is 0 Å². The van der Waals surface area contributed by atoms with Crippen molar-refractivity contribution in [1.29, 1.82) is 0 Å². The quantitative estimate of drug-likeness (QED) is 0.810. The number of morpholine rings is 1. The molecule has 5 heteroatoms. The maximum atomic E-state index is 12.6. The SMILES string of the molecule is Cl.Nc1ccc(C(=O)N2CCOC3CCCCC32)cc1. The van der Waals surface area contributed by atoms with E-state index < -0.39 is 0 Å². The molecular formula is C15H21ClN2O2. The second-order valence-corrected chi connectivity index (χ2v) is 5.38. The van der Waals surface area contributed by atoms with E-state index in [1.807, 2.05) is 17.0 Å². The number of amides is 1. The van der Waals surface area contributed by atoms with Gasteiger partial charge in [-0.25, -0.2) is 0 Å². The molecule has 1 amide bonds. The lowest BCUT2D eigenvalue weighted by molar-refractivity contribution is -0.0752.